The third kappa shape index (κ3) is 3.37. The molecule has 1 atom stereocenters. The van der Waals surface area contributed by atoms with Gasteiger partial charge in [-0.3, -0.25) is 9.20 Å². The van der Waals surface area contributed by atoms with Crippen molar-refractivity contribution >= 4 is 33.8 Å². The zero-order valence-corrected chi connectivity index (χ0v) is 16.1. The van der Waals surface area contributed by atoms with Gasteiger partial charge in [-0.25, -0.2) is 4.98 Å². The average molecular weight is 390 g/mol. The molecule has 0 saturated carbocycles. The van der Waals surface area contributed by atoms with Gasteiger partial charge in [0.2, 0.25) is 0 Å². The first-order valence-electron chi connectivity index (χ1n) is 8.79. The fourth-order valence-electron chi connectivity index (χ4n) is 3.25. The van der Waals surface area contributed by atoms with Crippen LogP contribution in [0.5, 0.6) is 0 Å². The molecule has 0 aliphatic carbocycles. The number of imidazole rings is 1. The normalized spacial score (nSPS) is 17.1. The van der Waals surface area contributed by atoms with Crippen LogP contribution in [0.25, 0.3) is 16.2 Å². The minimum atomic E-state index is 0.0225. The Bertz CT molecular complexity index is 913. The number of thiazole rings is 1. The summed E-state index contributed by atoms with van der Waals surface area (Å²) in [5.74, 6) is 0.0225. The number of carbonyl (C=O) groups is 1. The molecule has 4 rings (SSSR count). The molecule has 0 N–H and O–H groups in total. The lowest BCUT2D eigenvalue weighted by atomic mass is 10.2. The van der Waals surface area contributed by atoms with Crippen molar-refractivity contribution in [1.29, 1.82) is 0 Å². The topological polar surface area (TPSA) is 46.8 Å². The molecule has 1 aromatic carbocycles. The molecule has 1 amide bonds. The molecule has 0 unspecified atom stereocenters. The molecular formula is C19H20ClN3O2S. The minimum Gasteiger partial charge on any atom is -0.376 e. The van der Waals surface area contributed by atoms with Crippen LogP contribution >= 0.6 is 22.9 Å². The summed E-state index contributed by atoms with van der Waals surface area (Å²) in [5, 5.41) is 2.58. The van der Waals surface area contributed by atoms with Crippen LogP contribution in [0, 0.1) is 0 Å². The molecule has 3 heterocycles. The number of likely N-dealkylation sites (N-methyl/N-ethyl adjacent to an activating group) is 1. The van der Waals surface area contributed by atoms with E-state index in [1.807, 2.05) is 52.1 Å². The average Bonchev–Trinajstić information content (AvgIpc) is 3.36. The molecule has 1 aliphatic rings. The van der Waals surface area contributed by atoms with E-state index in [-0.39, 0.29) is 12.0 Å². The van der Waals surface area contributed by atoms with Gasteiger partial charge in [-0.05, 0) is 31.9 Å². The Labute approximate surface area is 161 Å². The number of fused-ring (bicyclic) bond motifs is 1. The van der Waals surface area contributed by atoms with Gasteiger partial charge in [0.25, 0.3) is 5.91 Å². The summed E-state index contributed by atoms with van der Waals surface area (Å²) in [7, 11) is 0. The zero-order chi connectivity index (χ0) is 18.1. The second kappa shape index (κ2) is 7.39. The van der Waals surface area contributed by atoms with E-state index in [9.17, 15) is 4.79 Å². The van der Waals surface area contributed by atoms with Gasteiger partial charge >= 0.3 is 0 Å². The second-order valence-corrected chi connectivity index (χ2v) is 7.66. The maximum Gasteiger partial charge on any atom is 0.271 e. The van der Waals surface area contributed by atoms with Crippen LogP contribution in [0.15, 0.2) is 35.8 Å². The Hall–Kier alpha value is -1.89. The third-order valence-corrected chi connectivity index (χ3v) is 5.78. The Morgan fingerprint density at radius 3 is 2.92 bits per heavy atom. The van der Waals surface area contributed by atoms with Gasteiger partial charge in [0, 0.05) is 41.9 Å². The molecule has 3 aromatic rings. The quantitative estimate of drug-likeness (QED) is 0.651. The summed E-state index contributed by atoms with van der Waals surface area (Å²) in [6.07, 6.45) is 4.17. The van der Waals surface area contributed by atoms with Crippen molar-refractivity contribution in [2.45, 2.75) is 25.9 Å². The van der Waals surface area contributed by atoms with Gasteiger partial charge in [-0.2, -0.15) is 0 Å². The van der Waals surface area contributed by atoms with Gasteiger partial charge in [0.05, 0.1) is 11.8 Å². The van der Waals surface area contributed by atoms with Crippen LogP contribution in [0.3, 0.4) is 0 Å². The van der Waals surface area contributed by atoms with Crippen molar-refractivity contribution in [2.24, 2.45) is 0 Å². The number of benzene rings is 1. The van der Waals surface area contributed by atoms with Crippen LogP contribution < -0.4 is 0 Å². The summed E-state index contributed by atoms with van der Waals surface area (Å²) in [4.78, 5) is 20.4. The van der Waals surface area contributed by atoms with E-state index < -0.39 is 0 Å². The molecule has 1 saturated heterocycles. The first kappa shape index (κ1) is 17.5. The number of carbonyl (C=O) groups excluding carboxylic acids is 1. The molecule has 1 aliphatic heterocycles. The Balaban J connectivity index is 1.61. The van der Waals surface area contributed by atoms with E-state index in [1.165, 1.54) is 11.3 Å². The highest BCUT2D eigenvalue weighted by Crippen LogP contribution is 2.26. The molecule has 0 spiro atoms. The number of halogens is 1. The highest BCUT2D eigenvalue weighted by molar-refractivity contribution is 7.15. The van der Waals surface area contributed by atoms with E-state index in [0.717, 1.165) is 35.7 Å². The summed E-state index contributed by atoms with van der Waals surface area (Å²) < 4.78 is 7.57. The van der Waals surface area contributed by atoms with Crippen LogP contribution in [0.2, 0.25) is 5.02 Å². The van der Waals surface area contributed by atoms with Crippen LogP contribution in [0.1, 0.15) is 30.3 Å². The third-order valence-electron chi connectivity index (χ3n) is 4.69. The van der Waals surface area contributed by atoms with Crippen LogP contribution in [0.4, 0.5) is 0 Å². The Morgan fingerprint density at radius 1 is 1.42 bits per heavy atom. The van der Waals surface area contributed by atoms with Crippen LogP contribution in [-0.2, 0) is 4.74 Å². The summed E-state index contributed by atoms with van der Waals surface area (Å²) >= 11 is 7.44. The lowest BCUT2D eigenvalue weighted by molar-refractivity contribution is 0.0534. The van der Waals surface area contributed by atoms with Gasteiger partial charge in [0.15, 0.2) is 4.96 Å². The summed E-state index contributed by atoms with van der Waals surface area (Å²) in [6, 6.07) is 7.56. The number of amides is 1. The maximum atomic E-state index is 13.0. The number of aromatic nitrogens is 2. The fourth-order valence-corrected chi connectivity index (χ4v) is 4.22. The number of nitrogens with zero attached hydrogens (tertiary/aromatic N) is 3. The van der Waals surface area contributed by atoms with E-state index in [0.29, 0.717) is 23.8 Å². The predicted octanol–water partition coefficient (Wildman–Crippen LogP) is 4.36. The molecule has 136 valence electrons. The molecule has 26 heavy (non-hydrogen) atoms. The molecule has 0 bridgehead atoms. The first-order valence-corrected chi connectivity index (χ1v) is 10.0. The lowest BCUT2D eigenvalue weighted by Crippen LogP contribution is -2.37. The Morgan fingerprint density at radius 2 is 2.23 bits per heavy atom. The predicted molar refractivity (Wildman–Crippen MR) is 104 cm³/mol. The molecule has 2 aromatic heterocycles. The van der Waals surface area contributed by atoms with Gasteiger partial charge in [-0.15, -0.1) is 11.3 Å². The highest BCUT2D eigenvalue weighted by atomic mass is 35.5. The zero-order valence-electron chi connectivity index (χ0n) is 14.5. The van der Waals surface area contributed by atoms with Crippen LogP contribution in [-0.4, -0.2) is 46.0 Å². The van der Waals surface area contributed by atoms with Crippen molar-refractivity contribution in [2.75, 3.05) is 19.7 Å². The molecule has 0 radical (unpaired) electrons. The molecule has 5 nitrogen and oxygen atoms in total. The highest BCUT2D eigenvalue weighted by Gasteiger charge is 2.24. The fraction of sp³-hybridized carbons (Fsp3) is 0.368. The van der Waals surface area contributed by atoms with Crippen molar-refractivity contribution in [3.05, 3.63) is 46.6 Å². The van der Waals surface area contributed by atoms with Crippen molar-refractivity contribution in [3.63, 3.8) is 0 Å². The Kier molecular flexibility index (Phi) is 4.98. The van der Waals surface area contributed by atoms with Crippen molar-refractivity contribution in [1.82, 2.24) is 14.3 Å². The first-order chi connectivity index (χ1) is 12.7. The monoisotopic (exact) mass is 389 g/mol. The number of rotatable bonds is 5. The summed E-state index contributed by atoms with van der Waals surface area (Å²) in [6.45, 7) is 4.11. The number of hydrogen-bond donors (Lipinski definition) is 0. The minimum absolute atomic E-state index is 0.0225. The SMILES string of the molecule is CCN(C[C@@H]1CCCO1)C(=O)c1csc2nc(-c3ccc(Cl)cc3)cn12. The lowest BCUT2D eigenvalue weighted by Gasteiger charge is -2.23. The maximum absolute atomic E-state index is 13.0. The summed E-state index contributed by atoms with van der Waals surface area (Å²) in [5.41, 5.74) is 2.47. The van der Waals surface area contributed by atoms with Gasteiger partial charge in [0.1, 0.15) is 5.69 Å². The van der Waals surface area contributed by atoms with Crippen molar-refractivity contribution in [3.8, 4) is 11.3 Å². The standard InChI is InChI=1S/C19H20ClN3O2S/c1-2-22(10-15-4-3-9-25-15)18(24)17-12-26-19-21-16(11-23(17)19)13-5-7-14(20)8-6-13/h5-8,11-12,15H,2-4,9-10H2,1H3/t15-/m0/s1. The van der Waals surface area contributed by atoms with E-state index in [4.69, 9.17) is 16.3 Å². The molecular weight excluding hydrogens is 370 g/mol. The second-order valence-electron chi connectivity index (χ2n) is 6.39. The number of ether oxygens (including phenoxy) is 1. The molecule has 7 heteroatoms. The van der Waals surface area contributed by atoms with E-state index >= 15 is 0 Å². The molecule has 1 fully saturated rings. The number of hydrogen-bond acceptors (Lipinski definition) is 4. The van der Waals surface area contributed by atoms with Crippen molar-refractivity contribution < 1.29 is 9.53 Å². The van der Waals surface area contributed by atoms with Gasteiger partial charge < -0.3 is 9.64 Å². The smallest absolute Gasteiger partial charge is 0.271 e. The van der Waals surface area contributed by atoms with Gasteiger partial charge in [-0.1, -0.05) is 23.7 Å². The largest absolute Gasteiger partial charge is 0.376 e. The van der Waals surface area contributed by atoms with E-state index in [2.05, 4.69) is 4.98 Å². The van der Waals surface area contributed by atoms with E-state index in [1.54, 1.807) is 0 Å².